The predicted molar refractivity (Wildman–Crippen MR) is 103 cm³/mol. The van der Waals surface area contributed by atoms with Gasteiger partial charge in [0, 0.05) is 16.4 Å². The molecule has 1 fully saturated rings. The molecule has 1 aromatic heterocycles. The van der Waals surface area contributed by atoms with E-state index in [1.165, 1.54) is 0 Å². The minimum absolute atomic E-state index is 0.231. The average Bonchev–Trinajstić information content (AvgIpc) is 3.28. The summed E-state index contributed by atoms with van der Waals surface area (Å²) >= 11 is 0. The number of hydrogen-bond acceptors (Lipinski definition) is 5. The predicted octanol–water partition coefficient (Wildman–Crippen LogP) is 3.54. The van der Waals surface area contributed by atoms with Crippen LogP contribution in [0.1, 0.15) is 39.5 Å². The number of primary sulfonamides is 1. The molecule has 0 radical (unpaired) electrons. The van der Waals surface area contributed by atoms with Gasteiger partial charge >= 0.3 is 0 Å². The second-order valence-electron chi connectivity index (χ2n) is 8.13. The third-order valence-electron chi connectivity index (χ3n) is 6.51. The summed E-state index contributed by atoms with van der Waals surface area (Å²) in [5, 5.41) is 9.67. The van der Waals surface area contributed by atoms with E-state index in [2.05, 4.69) is 23.1 Å². The van der Waals surface area contributed by atoms with Gasteiger partial charge in [0.1, 0.15) is 0 Å². The molecule has 1 unspecified atom stereocenters. The zero-order valence-electron chi connectivity index (χ0n) is 15.6. The Labute approximate surface area is 159 Å². The van der Waals surface area contributed by atoms with E-state index in [-0.39, 0.29) is 4.91 Å². The van der Waals surface area contributed by atoms with Crippen LogP contribution in [-0.2, 0) is 15.4 Å². The Balaban J connectivity index is 1.78. The number of nitrogens with zero attached hydrogens (tertiary/aromatic N) is 2. The lowest BCUT2D eigenvalue weighted by Crippen LogP contribution is -2.48. The molecule has 0 bridgehead atoms. The van der Waals surface area contributed by atoms with Crippen LogP contribution in [0.25, 0.3) is 11.4 Å². The van der Waals surface area contributed by atoms with Crippen LogP contribution in [0.2, 0.25) is 0 Å². The second-order valence-corrected chi connectivity index (χ2v) is 9.66. The number of sulfonamides is 1. The van der Waals surface area contributed by atoms with Crippen molar-refractivity contribution in [2.24, 2.45) is 16.0 Å². The molecule has 1 saturated carbocycles. The maximum atomic E-state index is 12.2. The molecule has 0 amide bonds. The third-order valence-corrected chi connectivity index (χ3v) is 7.77. The number of hydrogen-bond donors (Lipinski definition) is 1. The van der Waals surface area contributed by atoms with Crippen LogP contribution in [0, 0.1) is 10.8 Å². The van der Waals surface area contributed by atoms with Crippen molar-refractivity contribution in [3.63, 3.8) is 0 Å². The minimum Gasteiger partial charge on any atom is -0.338 e. The summed E-state index contributed by atoms with van der Waals surface area (Å²) in [6.07, 6.45) is 7.13. The Hall–Kier alpha value is -2.25. The summed E-state index contributed by atoms with van der Waals surface area (Å²) in [7, 11) is -3.81. The maximum Gasteiger partial charge on any atom is 0.234 e. The van der Waals surface area contributed by atoms with Crippen molar-refractivity contribution < 1.29 is 12.9 Å². The highest BCUT2D eigenvalue weighted by Crippen LogP contribution is 2.68. The standard InChI is InChI=1S/C20H23N3O3S/c1-18(2)15(27(21,24)25)10-7-11-19(18,3)20(12-13-20)17-22-16(23-26-17)14-8-5-4-6-9-14/h4-11H,12-13H2,1-3H3,(H2,21,24,25). The van der Waals surface area contributed by atoms with Gasteiger partial charge in [0.2, 0.25) is 21.7 Å². The van der Waals surface area contributed by atoms with E-state index in [9.17, 15) is 8.42 Å². The quantitative estimate of drug-likeness (QED) is 0.868. The Kier molecular flexibility index (Phi) is 3.78. The lowest BCUT2D eigenvalue weighted by Gasteiger charge is -2.49. The fourth-order valence-corrected chi connectivity index (χ4v) is 5.60. The first-order valence-electron chi connectivity index (χ1n) is 8.94. The second kappa shape index (κ2) is 5.62. The van der Waals surface area contributed by atoms with E-state index >= 15 is 0 Å². The van der Waals surface area contributed by atoms with Gasteiger partial charge in [0.05, 0.1) is 10.3 Å². The number of benzene rings is 1. The molecule has 2 aromatic rings. The van der Waals surface area contributed by atoms with Crippen LogP contribution in [-0.4, -0.2) is 18.6 Å². The molecule has 1 aromatic carbocycles. The molecule has 7 heteroatoms. The van der Waals surface area contributed by atoms with Gasteiger partial charge in [-0.2, -0.15) is 4.98 Å². The highest BCUT2D eigenvalue weighted by molar-refractivity contribution is 7.93. The van der Waals surface area contributed by atoms with Crippen molar-refractivity contribution in [1.82, 2.24) is 10.1 Å². The molecule has 142 valence electrons. The van der Waals surface area contributed by atoms with Crippen molar-refractivity contribution in [1.29, 1.82) is 0 Å². The molecule has 1 heterocycles. The fourth-order valence-electron chi connectivity index (χ4n) is 4.41. The van der Waals surface area contributed by atoms with Crippen LogP contribution >= 0.6 is 0 Å². The molecule has 0 aliphatic heterocycles. The van der Waals surface area contributed by atoms with Gasteiger partial charge in [-0.1, -0.05) is 68.4 Å². The first-order chi connectivity index (χ1) is 12.6. The van der Waals surface area contributed by atoms with Crippen LogP contribution in [0.15, 0.2) is 58.0 Å². The summed E-state index contributed by atoms with van der Waals surface area (Å²) < 4.78 is 30.1. The largest absolute Gasteiger partial charge is 0.338 e. The van der Waals surface area contributed by atoms with E-state index in [1.54, 1.807) is 12.2 Å². The molecule has 27 heavy (non-hydrogen) atoms. The number of allylic oxidation sites excluding steroid dienone is 4. The minimum atomic E-state index is -3.81. The van der Waals surface area contributed by atoms with Crippen LogP contribution < -0.4 is 5.14 Å². The van der Waals surface area contributed by atoms with E-state index in [0.29, 0.717) is 11.7 Å². The zero-order valence-corrected chi connectivity index (χ0v) is 16.5. The number of rotatable bonds is 4. The molecule has 2 N–H and O–H groups in total. The maximum absolute atomic E-state index is 12.2. The van der Waals surface area contributed by atoms with E-state index < -0.39 is 26.3 Å². The van der Waals surface area contributed by atoms with Crippen molar-refractivity contribution in [3.8, 4) is 11.4 Å². The van der Waals surface area contributed by atoms with Crippen LogP contribution in [0.3, 0.4) is 0 Å². The van der Waals surface area contributed by atoms with Crippen LogP contribution in [0.4, 0.5) is 0 Å². The van der Waals surface area contributed by atoms with Gasteiger partial charge in [0.15, 0.2) is 0 Å². The Morgan fingerprint density at radius 1 is 1.11 bits per heavy atom. The molecule has 0 saturated heterocycles. The molecule has 2 aliphatic rings. The summed E-state index contributed by atoms with van der Waals surface area (Å²) in [6, 6.07) is 9.65. The average molecular weight is 385 g/mol. The number of nitrogens with two attached hydrogens (primary N) is 1. The smallest absolute Gasteiger partial charge is 0.234 e. The Morgan fingerprint density at radius 2 is 1.78 bits per heavy atom. The molecule has 1 atom stereocenters. The lowest BCUT2D eigenvalue weighted by molar-refractivity contribution is 0.113. The van der Waals surface area contributed by atoms with Gasteiger partial charge in [-0.05, 0) is 18.9 Å². The van der Waals surface area contributed by atoms with Crippen LogP contribution in [0.5, 0.6) is 0 Å². The molecular formula is C20H23N3O3S. The van der Waals surface area contributed by atoms with Gasteiger partial charge < -0.3 is 4.52 Å². The molecule has 2 aliphatic carbocycles. The molecule has 0 spiro atoms. The topological polar surface area (TPSA) is 99.1 Å². The lowest BCUT2D eigenvalue weighted by atomic mass is 9.56. The third kappa shape index (κ3) is 2.52. The Morgan fingerprint density at radius 3 is 2.37 bits per heavy atom. The summed E-state index contributed by atoms with van der Waals surface area (Å²) in [4.78, 5) is 4.91. The molecule has 4 rings (SSSR count). The van der Waals surface area contributed by atoms with Gasteiger partial charge in [-0.25, -0.2) is 13.6 Å². The van der Waals surface area contributed by atoms with Gasteiger partial charge in [0.25, 0.3) is 0 Å². The van der Waals surface area contributed by atoms with Gasteiger partial charge in [-0.3, -0.25) is 0 Å². The monoisotopic (exact) mass is 385 g/mol. The van der Waals surface area contributed by atoms with E-state index in [0.717, 1.165) is 18.4 Å². The first-order valence-corrected chi connectivity index (χ1v) is 10.5. The summed E-state index contributed by atoms with van der Waals surface area (Å²) in [5.41, 5.74) is -0.765. The summed E-state index contributed by atoms with van der Waals surface area (Å²) in [5.74, 6) is 1.09. The first kappa shape index (κ1) is 18.1. The van der Waals surface area contributed by atoms with Gasteiger partial charge in [-0.15, -0.1) is 0 Å². The van der Waals surface area contributed by atoms with E-state index in [1.807, 2.05) is 44.2 Å². The Bertz CT molecular complexity index is 1050. The highest BCUT2D eigenvalue weighted by Gasteiger charge is 2.67. The molecule has 6 nitrogen and oxygen atoms in total. The highest BCUT2D eigenvalue weighted by atomic mass is 32.2. The fraction of sp³-hybridized carbons (Fsp3) is 0.400. The van der Waals surface area contributed by atoms with Crippen molar-refractivity contribution >= 4 is 10.0 Å². The number of aromatic nitrogens is 2. The van der Waals surface area contributed by atoms with Crippen molar-refractivity contribution in [2.75, 3.05) is 0 Å². The van der Waals surface area contributed by atoms with Crippen molar-refractivity contribution in [3.05, 3.63) is 59.4 Å². The normalized spacial score (nSPS) is 25.9. The SMILES string of the molecule is CC1(C)C(S(N)(=O)=O)=CC=CC1(C)C1(c2nc(-c3ccccc3)no2)CC1. The zero-order chi connectivity index (χ0) is 19.5. The molecular weight excluding hydrogens is 362 g/mol. The van der Waals surface area contributed by atoms with E-state index in [4.69, 9.17) is 9.66 Å². The van der Waals surface area contributed by atoms with Crippen molar-refractivity contribution in [2.45, 2.75) is 39.0 Å². The summed E-state index contributed by atoms with van der Waals surface area (Å²) in [6.45, 7) is 5.89.